The highest BCUT2D eigenvalue weighted by atomic mass is 16.5. The third kappa shape index (κ3) is 4.85. The molecule has 0 bridgehead atoms. The molecule has 106 valence electrons. The second kappa shape index (κ2) is 8.12. The van der Waals surface area contributed by atoms with E-state index in [1.165, 1.54) is 5.56 Å². The molecule has 0 aliphatic carbocycles. The number of ether oxygens (including phenoxy) is 1. The van der Waals surface area contributed by atoms with Crippen molar-refractivity contribution in [2.24, 2.45) is 0 Å². The van der Waals surface area contributed by atoms with Gasteiger partial charge in [0.15, 0.2) is 0 Å². The maximum absolute atomic E-state index is 5.44. The second-order valence-electron chi connectivity index (χ2n) is 4.44. The van der Waals surface area contributed by atoms with Gasteiger partial charge in [-0.1, -0.05) is 30.0 Å². The molecule has 0 aliphatic rings. The molecule has 0 unspecified atom stereocenters. The SMILES string of the molecule is C=CCOc1ccc(CNCCCn2ccnn2)cc1. The Morgan fingerprint density at radius 1 is 1.30 bits per heavy atom. The van der Waals surface area contributed by atoms with Crippen LogP contribution in [0, 0.1) is 0 Å². The van der Waals surface area contributed by atoms with E-state index in [0.29, 0.717) is 6.61 Å². The standard InChI is InChI=1S/C15H20N4O/c1-2-12-20-15-6-4-14(5-7-15)13-16-8-3-10-19-11-9-17-18-19/h2,4-7,9,11,16H,1,3,8,10,12-13H2. The summed E-state index contributed by atoms with van der Waals surface area (Å²) in [7, 11) is 0. The number of rotatable bonds is 9. The Balaban J connectivity index is 1.62. The fourth-order valence-electron chi connectivity index (χ4n) is 1.81. The molecule has 0 saturated heterocycles. The first-order valence-electron chi connectivity index (χ1n) is 6.76. The molecule has 5 nitrogen and oxygen atoms in total. The van der Waals surface area contributed by atoms with Crippen LogP contribution in [-0.2, 0) is 13.1 Å². The summed E-state index contributed by atoms with van der Waals surface area (Å²) in [5.74, 6) is 0.875. The topological polar surface area (TPSA) is 52.0 Å². The summed E-state index contributed by atoms with van der Waals surface area (Å²) in [4.78, 5) is 0. The van der Waals surface area contributed by atoms with Gasteiger partial charge in [-0.15, -0.1) is 5.10 Å². The zero-order valence-electron chi connectivity index (χ0n) is 11.5. The van der Waals surface area contributed by atoms with Crippen LogP contribution in [0.15, 0.2) is 49.3 Å². The normalized spacial score (nSPS) is 10.4. The van der Waals surface area contributed by atoms with E-state index in [1.807, 2.05) is 23.0 Å². The Morgan fingerprint density at radius 2 is 2.15 bits per heavy atom. The van der Waals surface area contributed by atoms with Gasteiger partial charge < -0.3 is 10.1 Å². The van der Waals surface area contributed by atoms with Gasteiger partial charge >= 0.3 is 0 Å². The zero-order valence-corrected chi connectivity index (χ0v) is 11.5. The second-order valence-corrected chi connectivity index (χ2v) is 4.44. The van der Waals surface area contributed by atoms with E-state index in [4.69, 9.17) is 4.74 Å². The van der Waals surface area contributed by atoms with Gasteiger partial charge in [0, 0.05) is 19.3 Å². The van der Waals surface area contributed by atoms with Gasteiger partial charge in [0.2, 0.25) is 0 Å². The van der Waals surface area contributed by atoms with Crippen LogP contribution in [0.4, 0.5) is 0 Å². The highest BCUT2D eigenvalue weighted by molar-refractivity contribution is 5.27. The van der Waals surface area contributed by atoms with E-state index < -0.39 is 0 Å². The molecule has 1 aromatic heterocycles. The van der Waals surface area contributed by atoms with Crippen LogP contribution < -0.4 is 10.1 Å². The maximum atomic E-state index is 5.44. The van der Waals surface area contributed by atoms with Gasteiger partial charge in [0.05, 0.1) is 6.20 Å². The van der Waals surface area contributed by atoms with Gasteiger partial charge in [-0.3, -0.25) is 4.68 Å². The number of aromatic nitrogens is 3. The van der Waals surface area contributed by atoms with Crippen LogP contribution in [0.3, 0.4) is 0 Å². The first-order chi connectivity index (χ1) is 9.88. The maximum Gasteiger partial charge on any atom is 0.119 e. The third-order valence-electron chi connectivity index (χ3n) is 2.83. The molecule has 0 atom stereocenters. The average Bonchev–Trinajstić information content (AvgIpc) is 2.99. The van der Waals surface area contributed by atoms with Crippen LogP contribution in [-0.4, -0.2) is 28.1 Å². The molecular formula is C15H20N4O. The lowest BCUT2D eigenvalue weighted by molar-refractivity contribution is 0.363. The van der Waals surface area contributed by atoms with Crippen molar-refractivity contribution in [3.63, 3.8) is 0 Å². The van der Waals surface area contributed by atoms with Crippen molar-refractivity contribution in [2.45, 2.75) is 19.5 Å². The quantitative estimate of drug-likeness (QED) is 0.560. The molecule has 0 spiro atoms. The summed E-state index contributed by atoms with van der Waals surface area (Å²) in [6.45, 7) is 6.87. The molecule has 0 fully saturated rings. The number of nitrogens with zero attached hydrogens (tertiary/aromatic N) is 3. The van der Waals surface area contributed by atoms with Crippen molar-refractivity contribution in [1.82, 2.24) is 20.3 Å². The predicted octanol–water partition coefficient (Wildman–Crippen LogP) is 2.02. The number of hydrogen-bond acceptors (Lipinski definition) is 4. The Hall–Kier alpha value is -2.14. The van der Waals surface area contributed by atoms with Crippen molar-refractivity contribution in [2.75, 3.05) is 13.2 Å². The van der Waals surface area contributed by atoms with Crippen molar-refractivity contribution >= 4 is 0 Å². The lowest BCUT2D eigenvalue weighted by Crippen LogP contribution is -2.16. The molecule has 2 rings (SSSR count). The highest BCUT2D eigenvalue weighted by Crippen LogP contribution is 2.11. The van der Waals surface area contributed by atoms with Crippen LogP contribution in [0.5, 0.6) is 5.75 Å². The van der Waals surface area contributed by atoms with Crippen molar-refractivity contribution in [3.05, 3.63) is 54.9 Å². The van der Waals surface area contributed by atoms with Crippen molar-refractivity contribution in [3.8, 4) is 5.75 Å². The third-order valence-corrected chi connectivity index (χ3v) is 2.83. The van der Waals surface area contributed by atoms with Gasteiger partial charge in [0.1, 0.15) is 12.4 Å². The largest absolute Gasteiger partial charge is 0.490 e. The minimum Gasteiger partial charge on any atom is -0.490 e. The van der Waals surface area contributed by atoms with E-state index in [9.17, 15) is 0 Å². The molecule has 1 N–H and O–H groups in total. The Morgan fingerprint density at radius 3 is 2.85 bits per heavy atom. The molecule has 0 aliphatic heterocycles. The van der Waals surface area contributed by atoms with E-state index in [2.05, 4.69) is 34.3 Å². The summed E-state index contributed by atoms with van der Waals surface area (Å²) < 4.78 is 7.28. The Bertz CT molecular complexity index is 493. The molecule has 1 aromatic carbocycles. The zero-order chi connectivity index (χ0) is 14.0. The van der Waals surface area contributed by atoms with E-state index in [0.717, 1.165) is 31.8 Å². The summed E-state index contributed by atoms with van der Waals surface area (Å²) in [5, 5.41) is 11.1. The average molecular weight is 272 g/mol. The minimum atomic E-state index is 0.542. The summed E-state index contributed by atoms with van der Waals surface area (Å²) in [6, 6.07) is 8.11. The predicted molar refractivity (Wildman–Crippen MR) is 78.5 cm³/mol. The van der Waals surface area contributed by atoms with Crippen molar-refractivity contribution in [1.29, 1.82) is 0 Å². The molecule has 0 amide bonds. The molecule has 0 radical (unpaired) electrons. The Labute approximate surface area is 119 Å². The smallest absolute Gasteiger partial charge is 0.119 e. The molecule has 1 heterocycles. The van der Waals surface area contributed by atoms with Gasteiger partial charge in [0.25, 0.3) is 0 Å². The van der Waals surface area contributed by atoms with E-state index >= 15 is 0 Å². The van der Waals surface area contributed by atoms with Gasteiger partial charge in [-0.2, -0.15) is 0 Å². The lowest BCUT2D eigenvalue weighted by Gasteiger charge is -2.07. The first kappa shape index (κ1) is 14.3. The number of hydrogen-bond donors (Lipinski definition) is 1. The molecule has 0 saturated carbocycles. The fraction of sp³-hybridized carbons (Fsp3) is 0.333. The van der Waals surface area contributed by atoms with Crippen molar-refractivity contribution < 1.29 is 4.74 Å². The minimum absolute atomic E-state index is 0.542. The lowest BCUT2D eigenvalue weighted by atomic mass is 10.2. The van der Waals surface area contributed by atoms with E-state index in [-0.39, 0.29) is 0 Å². The molecule has 5 heteroatoms. The summed E-state index contributed by atoms with van der Waals surface area (Å²) in [6.07, 6.45) is 6.35. The molecule has 2 aromatic rings. The van der Waals surface area contributed by atoms with Crippen LogP contribution in [0.2, 0.25) is 0 Å². The van der Waals surface area contributed by atoms with Gasteiger partial charge in [-0.25, -0.2) is 0 Å². The van der Waals surface area contributed by atoms with Gasteiger partial charge in [-0.05, 0) is 30.7 Å². The number of nitrogens with one attached hydrogen (secondary N) is 1. The monoisotopic (exact) mass is 272 g/mol. The van der Waals surface area contributed by atoms with E-state index in [1.54, 1.807) is 12.3 Å². The molecule has 20 heavy (non-hydrogen) atoms. The van der Waals surface area contributed by atoms with Crippen LogP contribution >= 0.6 is 0 Å². The fourth-order valence-corrected chi connectivity index (χ4v) is 1.81. The van der Waals surface area contributed by atoms with Crippen LogP contribution in [0.25, 0.3) is 0 Å². The summed E-state index contributed by atoms with van der Waals surface area (Å²) >= 11 is 0. The van der Waals surface area contributed by atoms with Crippen LogP contribution in [0.1, 0.15) is 12.0 Å². The molecular weight excluding hydrogens is 252 g/mol. The number of benzene rings is 1. The highest BCUT2D eigenvalue weighted by Gasteiger charge is 1.96. The number of aryl methyl sites for hydroxylation is 1. The summed E-state index contributed by atoms with van der Waals surface area (Å²) in [5.41, 5.74) is 1.25. The first-order valence-corrected chi connectivity index (χ1v) is 6.76. The Kier molecular flexibility index (Phi) is 5.79.